The van der Waals surface area contributed by atoms with Crippen molar-refractivity contribution in [3.8, 4) is 0 Å². The van der Waals surface area contributed by atoms with Gasteiger partial charge in [-0.15, -0.1) is 0 Å². The smallest absolute Gasteiger partial charge is 0.231 e. The lowest BCUT2D eigenvalue weighted by Gasteiger charge is -2.39. The Hall–Kier alpha value is -2.67. The molecule has 0 bridgehead atoms. The Bertz CT molecular complexity index is 884. The van der Waals surface area contributed by atoms with Gasteiger partial charge >= 0.3 is 0 Å². The predicted octanol–water partition coefficient (Wildman–Crippen LogP) is 3.76. The zero-order valence-corrected chi connectivity index (χ0v) is 20.7. The Morgan fingerprint density at radius 2 is 1.26 bits per heavy atom. The summed E-state index contributed by atoms with van der Waals surface area (Å²) >= 11 is 0. The molecule has 7 nitrogen and oxygen atoms in total. The topological polar surface area (TPSA) is 60.4 Å². The summed E-state index contributed by atoms with van der Waals surface area (Å²) in [6, 6.07) is 0. The number of nitrogens with zero attached hydrogens (tertiary/aromatic N) is 6. The van der Waals surface area contributed by atoms with E-state index < -0.39 is 0 Å². The maximum atomic E-state index is 5.03. The summed E-state index contributed by atoms with van der Waals surface area (Å²) in [7, 11) is 0. The maximum absolute atomic E-state index is 5.03. The Morgan fingerprint density at radius 1 is 0.765 bits per heavy atom. The van der Waals surface area contributed by atoms with E-state index in [1.807, 2.05) is 0 Å². The third kappa shape index (κ3) is 5.19. The molecule has 2 fully saturated rings. The first-order valence-corrected chi connectivity index (χ1v) is 13.2. The van der Waals surface area contributed by atoms with E-state index in [4.69, 9.17) is 15.0 Å². The van der Waals surface area contributed by atoms with E-state index in [9.17, 15) is 0 Å². The van der Waals surface area contributed by atoms with Crippen molar-refractivity contribution in [3.05, 3.63) is 48.6 Å². The molecule has 1 N–H and O–H groups in total. The van der Waals surface area contributed by atoms with Gasteiger partial charge in [-0.2, -0.15) is 15.0 Å². The number of aromatic nitrogens is 3. The highest BCUT2D eigenvalue weighted by Crippen LogP contribution is 2.33. The molecule has 0 aromatic carbocycles. The summed E-state index contributed by atoms with van der Waals surface area (Å²) in [5.41, 5.74) is 0. The molecule has 7 heteroatoms. The molecule has 1 aromatic rings. The minimum atomic E-state index is 0.535. The number of piperidine rings is 2. The van der Waals surface area contributed by atoms with Crippen LogP contribution >= 0.6 is 0 Å². The summed E-state index contributed by atoms with van der Waals surface area (Å²) in [5.74, 6) is 4.69. The quantitative estimate of drug-likeness (QED) is 0.632. The Balaban J connectivity index is 1.35. The van der Waals surface area contributed by atoms with Gasteiger partial charge in [0, 0.05) is 51.1 Å². The van der Waals surface area contributed by atoms with Crippen LogP contribution in [0.3, 0.4) is 0 Å². The molecule has 4 atom stereocenters. The number of hydrogen-bond donors (Lipinski definition) is 1. The summed E-state index contributed by atoms with van der Waals surface area (Å²) in [6.07, 6.45) is 20.4. The fourth-order valence-electron chi connectivity index (χ4n) is 5.66. The SMILES string of the molecule is CCN(CC)CCNc1nc(N2CCC3C=CC=CC3C2)nc(N2CCC3C=CC=CC3C2)n1. The fourth-order valence-corrected chi connectivity index (χ4v) is 5.66. The Morgan fingerprint density at radius 3 is 1.76 bits per heavy atom. The number of likely N-dealkylation sites (N-methyl/N-ethyl adjacent to an activating group) is 1. The van der Waals surface area contributed by atoms with Crippen LogP contribution in [0.15, 0.2) is 48.6 Å². The monoisotopic (exact) mass is 461 g/mol. The lowest BCUT2D eigenvalue weighted by molar-refractivity contribution is 0.315. The highest BCUT2D eigenvalue weighted by Gasteiger charge is 2.31. The Kier molecular flexibility index (Phi) is 7.28. The maximum Gasteiger partial charge on any atom is 0.231 e. The number of hydrogen-bond acceptors (Lipinski definition) is 7. The van der Waals surface area contributed by atoms with Gasteiger partial charge in [0.1, 0.15) is 0 Å². The average molecular weight is 462 g/mol. The van der Waals surface area contributed by atoms with Crippen molar-refractivity contribution in [1.82, 2.24) is 19.9 Å². The molecule has 1 aromatic heterocycles. The number of fused-ring (bicyclic) bond motifs is 2. The number of allylic oxidation sites excluding steroid dienone is 6. The van der Waals surface area contributed by atoms with Gasteiger partial charge in [0.05, 0.1) is 0 Å². The first-order valence-electron chi connectivity index (χ1n) is 13.2. The van der Waals surface area contributed by atoms with E-state index in [-0.39, 0.29) is 0 Å². The second-order valence-corrected chi connectivity index (χ2v) is 9.88. The predicted molar refractivity (Wildman–Crippen MR) is 140 cm³/mol. The number of rotatable bonds is 8. The molecule has 0 radical (unpaired) electrons. The Labute approximate surface area is 204 Å². The fraction of sp³-hybridized carbons (Fsp3) is 0.593. The molecule has 2 aliphatic heterocycles. The highest BCUT2D eigenvalue weighted by molar-refractivity contribution is 5.47. The molecule has 2 saturated heterocycles. The van der Waals surface area contributed by atoms with E-state index in [1.165, 1.54) is 0 Å². The van der Waals surface area contributed by atoms with Crippen LogP contribution in [0, 0.1) is 23.7 Å². The van der Waals surface area contributed by atoms with Crippen LogP contribution in [-0.2, 0) is 0 Å². The summed E-state index contributed by atoms with van der Waals surface area (Å²) in [5, 5.41) is 3.51. The van der Waals surface area contributed by atoms with E-state index in [0.29, 0.717) is 29.6 Å². The molecule has 2 aliphatic carbocycles. The van der Waals surface area contributed by atoms with Gasteiger partial charge in [-0.25, -0.2) is 0 Å². The summed E-state index contributed by atoms with van der Waals surface area (Å²) < 4.78 is 0. The van der Waals surface area contributed by atoms with Gasteiger partial charge in [0.15, 0.2) is 0 Å². The van der Waals surface area contributed by atoms with Crippen LogP contribution in [0.25, 0.3) is 0 Å². The number of nitrogens with one attached hydrogen (secondary N) is 1. The molecule has 4 unspecified atom stereocenters. The molecule has 182 valence electrons. The molecule has 5 rings (SSSR count). The van der Waals surface area contributed by atoms with E-state index >= 15 is 0 Å². The van der Waals surface area contributed by atoms with Crippen LogP contribution < -0.4 is 15.1 Å². The van der Waals surface area contributed by atoms with Crippen molar-refractivity contribution < 1.29 is 0 Å². The zero-order valence-electron chi connectivity index (χ0n) is 20.7. The minimum Gasteiger partial charge on any atom is -0.353 e. The van der Waals surface area contributed by atoms with E-state index in [1.54, 1.807) is 0 Å². The van der Waals surface area contributed by atoms with Crippen LogP contribution in [-0.4, -0.2) is 72.2 Å². The molecule has 0 saturated carbocycles. The van der Waals surface area contributed by atoms with Gasteiger partial charge in [-0.1, -0.05) is 62.5 Å². The van der Waals surface area contributed by atoms with Gasteiger partial charge in [-0.3, -0.25) is 0 Å². The van der Waals surface area contributed by atoms with Gasteiger partial charge < -0.3 is 20.0 Å². The van der Waals surface area contributed by atoms with Crippen LogP contribution in [0.5, 0.6) is 0 Å². The van der Waals surface area contributed by atoms with E-state index in [2.05, 4.69) is 82.5 Å². The van der Waals surface area contributed by atoms with Gasteiger partial charge in [0.25, 0.3) is 0 Å². The molecule has 34 heavy (non-hydrogen) atoms. The van der Waals surface area contributed by atoms with E-state index in [0.717, 1.165) is 77.1 Å². The van der Waals surface area contributed by atoms with Crippen LogP contribution in [0.1, 0.15) is 26.7 Å². The first kappa shape index (κ1) is 23.1. The van der Waals surface area contributed by atoms with Crippen molar-refractivity contribution in [2.24, 2.45) is 23.7 Å². The lowest BCUT2D eigenvalue weighted by atomic mass is 9.83. The second-order valence-electron chi connectivity index (χ2n) is 9.88. The molecule has 0 amide bonds. The normalized spacial score (nSPS) is 27.7. The third-order valence-electron chi connectivity index (χ3n) is 7.87. The molecule has 0 spiro atoms. The van der Waals surface area contributed by atoms with Crippen molar-refractivity contribution in [2.75, 3.05) is 67.5 Å². The first-order chi connectivity index (χ1) is 16.7. The summed E-state index contributed by atoms with van der Waals surface area (Å²) in [6.45, 7) is 12.3. The van der Waals surface area contributed by atoms with Crippen molar-refractivity contribution >= 4 is 17.8 Å². The van der Waals surface area contributed by atoms with Crippen LogP contribution in [0.4, 0.5) is 17.8 Å². The molecular formula is C27H39N7. The van der Waals surface area contributed by atoms with Gasteiger partial charge in [-0.05, 0) is 37.8 Å². The average Bonchev–Trinajstić information content (AvgIpc) is 2.90. The second kappa shape index (κ2) is 10.7. The summed E-state index contributed by atoms with van der Waals surface area (Å²) in [4.78, 5) is 22.0. The molecular weight excluding hydrogens is 422 g/mol. The largest absolute Gasteiger partial charge is 0.353 e. The third-order valence-corrected chi connectivity index (χ3v) is 7.87. The van der Waals surface area contributed by atoms with Crippen LogP contribution in [0.2, 0.25) is 0 Å². The van der Waals surface area contributed by atoms with Gasteiger partial charge in [0.2, 0.25) is 17.8 Å². The standard InChI is InChI=1S/C27H39N7/c1-3-32(4-2)18-15-28-25-29-26(33-16-13-21-9-5-7-11-23(21)19-33)31-27(30-25)34-17-14-22-10-6-8-12-24(22)20-34/h5-12,21-24H,3-4,13-20H2,1-2H3,(H,28,29,30,31). The molecule has 3 heterocycles. The molecule has 4 aliphatic rings. The number of anilines is 3. The minimum absolute atomic E-state index is 0.535. The lowest BCUT2D eigenvalue weighted by Crippen LogP contribution is -2.42. The van der Waals surface area contributed by atoms with Crippen molar-refractivity contribution in [3.63, 3.8) is 0 Å². The van der Waals surface area contributed by atoms with Crippen molar-refractivity contribution in [1.29, 1.82) is 0 Å². The highest BCUT2D eigenvalue weighted by atomic mass is 15.4. The zero-order chi connectivity index (χ0) is 23.3. The van der Waals surface area contributed by atoms with Crippen molar-refractivity contribution in [2.45, 2.75) is 26.7 Å².